The fourth-order valence-electron chi connectivity index (χ4n) is 1.81. The molecule has 0 unspecified atom stereocenters. The first-order valence-corrected chi connectivity index (χ1v) is 6.67. The number of hydrogen-bond acceptors (Lipinski definition) is 5. The predicted octanol–water partition coefficient (Wildman–Crippen LogP) is 1.88. The minimum Gasteiger partial charge on any atom is -0.496 e. The van der Waals surface area contributed by atoms with Gasteiger partial charge in [0.2, 0.25) is 0 Å². The second kappa shape index (κ2) is 6.90. The Kier molecular flexibility index (Phi) is 4.95. The molecule has 0 aliphatic carbocycles. The van der Waals surface area contributed by atoms with E-state index in [4.69, 9.17) is 16.3 Å². The summed E-state index contributed by atoms with van der Waals surface area (Å²) in [6.07, 6.45) is 2.45. The topological polar surface area (TPSA) is 99.3 Å². The highest BCUT2D eigenvalue weighted by molar-refractivity contribution is 6.31. The van der Waals surface area contributed by atoms with Crippen molar-refractivity contribution in [2.75, 3.05) is 13.7 Å². The maximum atomic E-state index is 12.1. The molecule has 1 N–H and O–H groups in total. The summed E-state index contributed by atoms with van der Waals surface area (Å²) in [7, 11) is 1.46. The summed E-state index contributed by atoms with van der Waals surface area (Å²) in [5, 5.41) is 17.5. The van der Waals surface area contributed by atoms with Crippen LogP contribution in [0.15, 0.2) is 30.6 Å². The van der Waals surface area contributed by atoms with Crippen LogP contribution in [0.4, 0.5) is 5.69 Å². The van der Waals surface area contributed by atoms with Gasteiger partial charge < -0.3 is 10.1 Å². The largest absolute Gasteiger partial charge is 0.496 e. The van der Waals surface area contributed by atoms with Crippen LogP contribution in [0.5, 0.6) is 5.75 Å². The SMILES string of the molecule is COc1ccc(Cl)cc1C(=O)NCCn1cc([N+](=O)[O-])cn1. The second-order valence-electron chi connectivity index (χ2n) is 4.32. The number of rotatable bonds is 6. The zero-order valence-corrected chi connectivity index (χ0v) is 12.4. The van der Waals surface area contributed by atoms with E-state index in [2.05, 4.69) is 10.4 Å². The van der Waals surface area contributed by atoms with E-state index in [1.54, 1.807) is 12.1 Å². The summed E-state index contributed by atoms with van der Waals surface area (Å²) >= 11 is 5.87. The van der Waals surface area contributed by atoms with E-state index in [9.17, 15) is 14.9 Å². The van der Waals surface area contributed by atoms with Crippen LogP contribution in [0, 0.1) is 10.1 Å². The van der Waals surface area contributed by atoms with Crippen LogP contribution in [0.25, 0.3) is 0 Å². The van der Waals surface area contributed by atoms with Crippen molar-refractivity contribution in [2.24, 2.45) is 0 Å². The van der Waals surface area contributed by atoms with Crippen molar-refractivity contribution in [1.29, 1.82) is 0 Å². The van der Waals surface area contributed by atoms with E-state index in [1.165, 1.54) is 24.1 Å². The number of amides is 1. The van der Waals surface area contributed by atoms with Crippen LogP contribution in [0.1, 0.15) is 10.4 Å². The Bertz CT molecular complexity index is 701. The highest BCUT2D eigenvalue weighted by Gasteiger charge is 2.13. The Labute approximate surface area is 130 Å². The Morgan fingerprint density at radius 2 is 2.32 bits per heavy atom. The number of nitrogens with zero attached hydrogens (tertiary/aromatic N) is 3. The molecule has 0 fully saturated rings. The Morgan fingerprint density at radius 1 is 1.55 bits per heavy atom. The molecule has 2 rings (SSSR count). The van der Waals surface area contributed by atoms with Crippen LogP contribution < -0.4 is 10.1 Å². The van der Waals surface area contributed by atoms with Gasteiger partial charge in [0.05, 0.1) is 24.1 Å². The minimum atomic E-state index is -0.529. The molecular formula is C13H13ClN4O4. The van der Waals surface area contributed by atoms with Gasteiger partial charge in [0, 0.05) is 11.6 Å². The third kappa shape index (κ3) is 3.73. The van der Waals surface area contributed by atoms with Crippen LogP contribution in [-0.2, 0) is 6.54 Å². The first kappa shape index (κ1) is 15.8. The van der Waals surface area contributed by atoms with E-state index in [1.807, 2.05) is 0 Å². The van der Waals surface area contributed by atoms with Gasteiger partial charge in [0.15, 0.2) is 0 Å². The van der Waals surface area contributed by atoms with Gasteiger partial charge in [-0.1, -0.05) is 11.6 Å². The van der Waals surface area contributed by atoms with Crippen LogP contribution >= 0.6 is 11.6 Å². The van der Waals surface area contributed by atoms with E-state index < -0.39 is 4.92 Å². The van der Waals surface area contributed by atoms with E-state index in [0.717, 1.165) is 6.20 Å². The molecule has 0 aliphatic rings. The van der Waals surface area contributed by atoms with Crippen molar-refractivity contribution in [3.05, 3.63) is 51.3 Å². The molecule has 1 aromatic heterocycles. The number of aromatic nitrogens is 2. The molecule has 9 heteroatoms. The molecule has 8 nitrogen and oxygen atoms in total. The maximum Gasteiger partial charge on any atom is 0.306 e. The number of nitro groups is 1. The van der Waals surface area contributed by atoms with E-state index in [0.29, 0.717) is 22.9 Å². The van der Waals surface area contributed by atoms with Gasteiger partial charge in [0.1, 0.15) is 18.1 Å². The summed E-state index contributed by atoms with van der Waals surface area (Å²) in [4.78, 5) is 22.1. The van der Waals surface area contributed by atoms with E-state index in [-0.39, 0.29) is 18.1 Å². The van der Waals surface area contributed by atoms with Gasteiger partial charge in [-0.15, -0.1) is 0 Å². The lowest BCUT2D eigenvalue weighted by atomic mass is 10.2. The number of nitrogens with one attached hydrogen (secondary N) is 1. The zero-order chi connectivity index (χ0) is 16.1. The Balaban J connectivity index is 1.95. The highest BCUT2D eigenvalue weighted by Crippen LogP contribution is 2.22. The van der Waals surface area contributed by atoms with Crippen LogP contribution in [0.2, 0.25) is 5.02 Å². The minimum absolute atomic E-state index is 0.0946. The summed E-state index contributed by atoms with van der Waals surface area (Å²) in [5.74, 6) is 0.0673. The van der Waals surface area contributed by atoms with Crippen LogP contribution in [0.3, 0.4) is 0 Å². The smallest absolute Gasteiger partial charge is 0.306 e. The second-order valence-corrected chi connectivity index (χ2v) is 4.76. The van der Waals surface area contributed by atoms with Gasteiger partial charge in [-0.3, -0.25) is 19.6 Å². The fraction of sp³-hybridized carbons (Fsp3) is 0.231. The van der Waals surface area contributed by atoms with Crippen molar-refractivity contribution >= 4 is 23.2 Å². The van der Waals surface area contributed by atoms with Crippen molar-refractivity contribution in [3.8, 4) is 5.75 Å². The molecule has 0 saturated carbocycles. The normalized spacial score (nSPS) is 10.3. The number of carbonyl (C=O) groups is 1. The van der Waals surface area contributed by atoms with Crippen molar-refractivity contribution in [1.82, 2.24) is 15.1 Å². The third-order valence-electron chi connectivity index (χ3n) is 2.86. The molecule has 0 bridgehead atoms. The Morgan fingerprint density at radius 3 is 2.95 bits per heavy atom. The molecule has 1 heterocycles. The lowest BCUT2D eigenvalue weighted by Crippen LogP contribution is -2.27. The highest BCUT2D eigenvalue weighted by atomic mass is 35.5. The first-order valence-electron chi connectivity index (χ1n) is 6.30. The molecule has 0 atom stereocenters. The van der Waals surface area contributed by atoms with Gasteiger partial charge in [-0.2, -0.15) is 5.10 Å². The number of halogens is 1. The number of hydrogen-bond donors (Lipinski definition) is 1. The first-order chi connectivity index (χ1) is 10.5. The van der Waals surface area contributed by atoms with Gasteiger partial charge in [-0.05, 0) is 18.2 Å². The van der Waals surface area contributed by atoms with Crippen molar-refractivity contribution in [3.63, 3.8) is 0 Å². The Hall–Kier alpha value is -2.61. The summed E-state index contributed by atoms with van der Waals surface area (Å²) in [6.45, 7) is 0.565. The molecule has 1 aromatic carbocycles. The standard InChI is InChI=1S/C13H13ClN4O4/c1-22-12-3-2-9(14)6-11(12)13(19)15-4-5-17-8-10(7-16-17)18(20)21/h2-3,6-8H,4-5H2,1H3,(H,15,19). The molecular weight excluding hydrogens is 312 g/mol. The zero-order valence-electron chi connectivity index (χ0n) is 11.7. The number of benzene rings is 1. The van der Waals surface area contributed by atoms with Crippen molar-refractivity contribution in [2.45, 2.75) is 6.54 Å². The van der Waals surface area contributed by atoms with Gasteiger partial charge >= 0.3 is 5.69 Å². The quantitative estimate of drug-likeness (QED) is 0.646. The monoisotopic (exact) mass is 324 g/mol. The van der Waals surface area contributed by atoms with Gasteiger partial charge in [-0.25, -0.2) is 0 Å². The van der Waals surface area contributed by atoms with Gasteiger partial charge in [0.25, 0.3) is 5.91 Å². The molecule has 0 spiro atoms. The number of carbonyl (C=O) groups excluding carboxylic acids is 1. The van der Waals surface area contributed by atoms with Crippen molar-refractivity contribution < 1.29 is 14.5 Å². The number of methoxy groups -OCH3 is 1. The summed E-state index contributed by atoms with van der Waals surface area (Å²) in [6, 6.07) is 4.74. The molecule has 0 saturated heterocycles. The molecule has 0 aliphatic heterocycles. The average molecular weight is 325 g/mol. The summed E-state index contributed by atoms with van der Waals surface area (Å²) in [5.41, 5.74) is 0.226. The molecule has 22 heavy (non-hydrogen) atoms. The fourth-order valence-corrected chi connectivity index (χ4v) is 1.98. The molecule has 116 valence electrons. The lowest BCUT2D eigenvalue weighted by Gasteiger charge is -2.09. The molecule has 0 radical (unpaired) electrons. The predicted molar refractivity (Wildman–Crippen MR) is 79.2 cm³/mol. The average Bonchev–Trinajstić information content (AvgIpc) is 2.96. The number of ether oxygens (including phenoxy) is 1. The molecule has 2 aromatic rings. The maximum absolute atomic E-state index is 12.1. The third-order valence-corrected chi connectivity index (χ3v) is 3.10. The van der Waals surface area contributed by atoms with E-state index >= 15 is 0 Å². The molecule has 1 amide bonds. The lowest BCUT2D eigenvalue weighted by molar-refractivity contribution is -0.385. The van der Waals surface area contributed by atoms with Crippen LogP contribution in [-0.4, -0.2) is 34.3 Å². The summed E-state index contributed by atoms with van der Waals surface area (Å²) < 4.78 is 6.49.